The summed E-state index contributed by atoms with van der Waals surface area (Å²) < 4.78 is 18.0. The first-order valence-corrected chi connectivity index (χ1v) is 8.64. The SMILES string of the molecule is CCOC(=O)CN(CC(=O)N(CCC#N)CCC#N)Cc1ccc(F)cc1. The van der Waals surface area contributed by atoms with Crippen molar-refractivity contribution in [1.82, 2.24) is 9.80 Å². The number of hydrogen-bond donors (Lipinski definition) is 0. The Bertz CT molecular complexity index is 676. The second-order valence-electron chi connectivity index (χ2n) is 5.77. The molecule has 0 aromatic heterocycles. The number of rotatable bonds is 11. The summed E-state index contributed by atoms with van der Waals surface area (Å²) in [5, 5.41) is 17.5. The zero-order valence-corrected chi connectivity index (χ0v) is 15.4. The lowest BCUT2D eigenvalue weighted by atomic mass is 10.2. The molecule has 1 rings (SSSR count). The van der Waals surface area contributed by atoms with Crippen LogP contribution in [0.25, 0.3) is 0 Å². The fourth-order valence-corrected chi connectivity index (χ4v) is 2.43. The topological polar surface area (TPSA) is 97.4 Å². The number of nitriles is 2. The molecule has 7 nitrogen and oxygen atoms in total. The number of amides is 1. The van der Waals surface area contributed by atoms with E-state index < -0.39 is 5.97 Å². The molecule has 8 heteroatoms. The zero-order chi connectivity index (χ0) is 20.1. The third-order valence-corrected chi connectivity index (χ3v) is 3.68. The van der Waals surface area contributed by atoms with Crippen LogP contribution in [0.3, 0.4) is 0 Å². The quantitative estimate of drug-likeness (QED) is 0.548. The van der Waals surface area contributed by atoms with Crippen molar-refractivity contribution in [3.63, 3.8) is 0 Å². The zero-order valence-electron chi connectivity index (χ0n) is 15.4. The number of benzene rings is 1. The van der Waals surface area contributed by atoms with Crippen molar-refractivity contribution in [1.29, 1.82) is 10.5 Å². The average Bonchev–Trinajstić information content (AvgIpc) is 2.63. The molecule has 0 heterocycles. The fourth-order valence-electron chi connectivity index (χ4n) is 2.43. The van der Waals surface area contributed by atoms with Gasteiger partial charge < -0.3 is 9.64 Å². The van der Waals surface area contributed by atoms with Crippen LogP contribution in [0.2, 0.25) is 0 Å². The molecular weight excluding hydrogens is 351 g/mol. The predicted octanol–water partition coefficient (Wildman–Crippen LogP) is 1.85. The highest BCUT2D eigenvalue weighted by atomic mass is 19.1. The Kier molecular flexibility index (Phi) is 10.1. The number of halogens is 1. The Labute approximate surface area is 158 Å². The van der Waals surface area contributed by atoms with Crippen LogP contribution in [0.4, 0.5) is 4.39 Å². The van der Waals surface area contributed by atoms with E-state index in [1.165, 1.54) is 17.0 Å². The second-order valence-corrected chi connectivity index (χ2v) is 5.77. The van der Waals surface area contributed by atoms with Gasteiger partial charge in [-0.25, -0.2) is 4.39 Å². The Morgan fingerprint density at radius 3 is 2.19 bits per heavy atom. The maximum Gasteiger partial charge on any atom is 0.320 e. The van der Waals surface area contributed by atoms with Gasteiger partial charge in [-0.2, -0.15) is 10.5 Å². The minimum absolute atomic E-state index is 0.0763. The summed E-state index contributed by atoms with van der Waals surface area (Å²) in [5.74, 6) is -1.12. The molecule has 0 N–H and O–H groups in total. The van der Waals surface area contributed by atoms with Gasteiger partial charge in [-0.15, -0.1) is 0 Å². The number of esters is 1. The van der Waals surface area contributed by atoms with Crippen molar-refractivity contribution in [3.05, 3.63) is 35.6 Å². The fraction of sp³-hybridized carbons (Fsp3) is 0.474. The lowest BCUT2D eigenvalue weighted by Crippen LogP contribution is -2.43. The molecule has 0 aliphatic rings. The van der Waals surface area contributed by atoms with Gasteiger partial charge >= 0.3 is 5.97 Å². The molecule has 0 aliphatic carbocycles. The normalized spacial score (nSPS) is 10.1. The first-order valence-electron chi connectivity index (χ1n) is 8.64. The summed E-state index contributed by atoms with van der Waals surface area (Å²) in [6.07, 6.45) is 0.319. The van der Waals surface area contributed by atoms with Crippen molar-refractivity contribution in [2.24, 2.45) is 0 Å². The molecule has 144 valence electrons. The molecule has 0 fully saturated rings. The van der Waals surface area contributed by atoms with Crippen molar-refractivity contribution < 1.29 is 18.7 Å². The molecule has 0 aliphatic heterocycles. The summed E-state index contributed by atoms with van der Waals surface area (Å²) >= 11 is 0. The third kappa shape index (κ3) is 8.80. The Morgan fingerprint density at radius 2 is 1.67 bits per heavy atom. The summed E-state index contributed by atoms with van der Waals surface area (Å²) in [7, 11) is 0. The van der Waals surface area contributed by atoms with Gasteiger partial charge in [0.15, 0.2) is 0 Å². The van der Waals surface area contributed by atoms with E-state index in [2.05, 4.69) is 0 Å². The Morgan fingerprint density at radius 1 is 1.07 bits per heavy atom. The molecule has 0 saturated heterocycles. The van der Waals surface area contributed by atoms with Crippen LogP contribution in [0.15, 0.2) is 24.3 Å². The van der Waals surface area contributed by atoms with Crippen LogP contribution < -0.4 is 0 Å². The molecular formula is C19H23FN4O3. The van der Waals surface area contributed by atoms with Crippen LogP contribution in [-0.4, -0.2) is 54.5 Å². The largest absolute Gasteiger partial charge is 0.465 e. The van der Waals surface area contributed by atoms with Crippen LogP contribution >= 0.6 is 0 Å². The Balaban J connectivity index is 2.84. The first kappa shape index (κ1) is 22.1. The summed E-state index contributed by atoms with van der Waals surface area (Å²) in [6, 6.07) is 9.75. The van der Waals surface area contributed by atoms with Crippen molar-refractivity contribution in [2.75, 3.05) is 32.8 Å². The van der Waals surface area contributed by atoms with Crippen LogP contribution in [0, 0.1) is 28.5 Å². The molecule has 0 bridgehead atoms. The van der Waals surface area contributed by atoms with Gasteiger partial charge in [-0.1, -0.05) is 12.1 Å². The molecule has 0 spiro atoms. The number of ether oxygens (including phenoxy) is 1. The molecule has 1 aromatic rings. The van der Waals surface area contributed by atoms with E-state index in [-0.39, 0.29) is 63.9 Å². The van der Waals surface area contributed by atoms with E-state index in [4.69, 9.17) is 15.3 Å². The van der Waals surface area contributed by atoms with Crippen molar-refractivity contribution >= 4 is 11.9 Å². The molecule has 1 amide bonds. The summed E-state index contributed by atoms with van der Waals surface area (Å²) in [4.78, 5) is 27.5. The standard InChI is InChI=1S/C19H23FN4O3/c1-2-27-19(26)15-23(13-16-5-7-17(20)8-6-16)14-18(25)24(11-3-9-21)12-4-10-22/h5-8H,2-4,11-15H2,1H3. The third-order valence-electron chi connectivity index (χ3n) is 3.68. The lowest BCUT2D eigenvalue weighted by Gasteiger charge is -2.26. The van der Waals surface area contributed by atoms with E-state index in [0.29, 0.717) is 0 Å². The monoisotopic (exact) mass is 374 g/mol. The van der Waals surface area contributed by atoms with E-state index in [9.17, 15) is 14.0 Å². The highest BCUT2D eigenvalue weighted by Gasteiger charge is 2.20. The Hall–Kier alpha value is -2.97. The first-order chi connectivity index (χ1) is 13.0. The minimum Gasteiger partial charge on any atom is -0.465 e. The van der Waals surface area contributed by atoms with Crippen LogP contribution in [0.5, 0.6) is 0 Å². The average molecular weight is 374 g/mol. The number of carbonyl (C=O) groups is 2. The number of nitrogens with zero attached hydrogens (tertiary/aromatic N) is 4. The summed E-state index contributed by atoms with van der Waals surface area (Å²) in [5.41, 5.74) is 0.745. The molecule has 0 unspecified atom stereocenters. The van der Waals surface area contributed by atoms with Gasteiger partial charge in [-0.05, 0) is 24.6 Å². The molecule has 27 heavy (non-hydrogen) atoms. The molecule has 0 radical (unpaired) electrons. The lowest BCUT2D eigenvalue weighted by molar-refractivity contribution is -0.145. The minimum atomic E-state index is -0.465. The van der Waals surface area contributed by atoms with Crippen molar-refractivity contribution in [3.8, 4) is 12.1 Å². The number of hydrogen-bond acceptors (Lipinski definition) is 6. The summed E-state index contributed by atoms with van der Waals surface area (Å²) in [6.45, 7) is 2.46. The van der Waals surface area contributed by atoms with Gasteiger partial charge in [0, 0.05) is 19.6 Å². The predicted molar refractivity (Wildman–Crippen MR) is 95.4 cm³/mol. The van der Waals surface area contributed by atoms with Crippen LogP contribution in [-0.2, 0) is 20.9 Å². The van der Waals surface area contributed by atoms with E-state index in [0.717, 1.165) is 5.56 Å². The maximum absolute atomic E-state index is 13.1. The van der Waals surface area contributed by atoms with E-state index in [1.807, 2.05) is 12.1 Å². The van der Waals surface area contributed by atoms with E-state index >= 15 is 0 Å². The highest BCUT2D eigenvalue weighted by molar-refractivity contribution is 5.79. The molecule has 0 atom stereocenters. The second kappa shape index (κ2) is 12.4. The highest BCUT2D eigenvalue weighted by Crippen LogP contribution is 2.08. The van der Waals surface area contributed by atoms with Gasteiger partial charge in [0.25, 0.3) is 0 Å². The smallest absolute Gasteiger partial charge is 0.320 e. The van der Waals surface area contributed by atoms with Gasteiger partial charge in [0.2, 0.25) is 5.91 Å². The molecule has 1 aromatic carbocycles. The van der Waals surface area contributed by atoms with Gasteiger partial charge in [-0.3, -0.25) is 14.5 Å². The van der Waals surface area contributed by atoms with E-state index in [1.54, 1.807) is 24.0 Å². The van der Waals surface area contributed by atoms with Gasteiger partial charge in [0.05, 0.1) is 44.7 Å². The molecule has 0 saturated carbocycles. The van der Waals surface area contributed by atoms with Crippen LogP contribution in [0.1, 0.15) is 25.3 Å². The maximum atomic E-state index is 13.1. The van der Waals surface area contributed by atoms with Gasteiger partial charge in [0.1, 0.15) is 5.82 Å². The number of carbonyl (C=O) groups excluding carboxylic acids is 2. The van der Waals surface area contributed by atoms with Crippen molar-refractivity contribution in [2.45, 2.75) is 26.3 Å².